The van der Waals surface area contributed by atoms with Crippen LogP contribution in [-0.4, -0.2) is 5.78 Å². The van der Waals surface area contributed by atoms with E-state index in [1.54, 1.807) is 0 Å². The van der Waals surface area contributed by atoms with Gasteiger partial charge in [-0.1, -0.05) is 69.8 Å². The summed E-state index contributed by atoms with van der Waals surface area (Å²) in [5.74, 6) is 0.00899. The van der Waals surface area contributed by atoms with Crippen molar-refractivity contribution in [2.75, 3.05) is 0 Å². The van der Waals surface area contributed by atoms with E-state index in [9.17, 15) is 4.79 Å². The molecule has 116 valence electrons. The Balaban J connectivity index is 1.88. The topological polar surface area (TPSA) is 17.1 Å². The third-order valence-corrected chi connectivity index (χ3v) is 5.14. The van der Waals surface area contributed by atoms with Gasteiger partial charge in [-0.2, -0.15) is 0 Å². The molecule has 2 heteroatoms. The molecule has 3 aromatic rings. The van der Waals surface area contributed by atoms with E-state index in [1.165, 1.54) is 16.9 Å². The Morgan fingerprint density at radius 3 is 2.26 bits per heavy atom. The van der Waals surface area contributed by atoms with Gasteiger partial charge < -0.3 is 0 Å². The molecule has 0 amide bonds. The molecule has 0 fully saturated rings. The number of thiophene rings is 1. The normalized spacial score (nSPS) is 11.6. The fraction of sp³-hybridized carbons (Fsp3) is 0.190. The van der Waals surface area contributed by atoms with Gasteiger partial charge in [-0.3, -0.25) is 4.79 Å². The molecule has 2 aromatic carbocycles. The number of hydrogen-bond acceptors (Lipinski definition) is 2. The highest BCUT2D eigenvalue weighted by Gasteiger charge is 2.17. The number of carbonyl (C=O) groups excluding carboxylic acids is 1. The van der Waals surface area contributed by atoms with Crippen molar-refractivity contribution in [3.05, 3.63) is 77.2 Å². The van der Waals surface area contributed by atoms with Crippen molar-refractivity contribution < 1.29 is 4.79 Å². The molecule has 0 aliphatic heterocycles. The SMILES string of the molecule is C=C(C(=O)c1cc2ccccc2s1)c1ccc(C(C)(C)C)cc1. The molecule has 0 aliphatic carbocycles. The van der Waals surface area contributed by atoms with E-state index in [2.05, 4.69) is 39.5 Å². The van der Waals surface area contributed by atoms with Gasteiger partial charge in [-0.05, 0) is 34.1 Å². The van der Waals surface area contributed by atoms with E-state index >= 15 is 0 Å². The molecule has 1 nitrogen and oxygen atoms in total. The molecule has 1 aromatic heterocycles. The van der Waals surface area contributed by atoms with Crippen molar-refractivity contribution in [1.29, 1.82) is 0 Å². The zero-order valence-corrected chi connectivity index (χ0v) is 14.5. The van der Waals surface area contributed by atoms with E-state index in [1.807, 2.05) is 42.5 Å². The van der Waals surface area contributed by atoms with Crippen LogP contribution in [0.3, 0.4) is 0 Å². The Bertz CT molecular complexity index is 843. The van der Waals surface area contributed by atoms with Crippen molar-refractivity contribution >= 4 is 32.8 Å². The Labute approximate surface area is 141 Å². The maximum atomic E-state index is 12.7. The van der Waals surface area contributed by atoms with Gasteiger partial charge in [-0.15, -0.1) is 11.3 Å². The summed E-state index contributed by atoms with van der Waals surface area (Å²) >= 11 is 1.53. The molecular weight excluding hydrogens is 300 g/mol. The minimum absolute atomic E-state index is 0.00899. The zero-order chi connectivity index (χ0) is 16.6. The lowest BCUT2D eigenvalue weighted by Crippen LogP contribution is -2.10. The molecule has 0 saturated heterocycles. The van der Waals surface area contributed by atoms with Crippen molar-refractivity contribution in [1.82, 2.24) is 0 Å². The number of rotatable bonds is 3. The highest BCUT2D eigenvalue weighted by molar-refractivity contribution is 7.21. The van der Waals surface area contributed by atoms with Crippen LogP contribution < -0.4 is 0 Å². The number of hydrogen-bond donors (Lipinski definition) is 0. The van der Waals surface area contributed by atoms with Crippen LogP contribution in [0.15, 0.2) is 61.2 Å². The van der Waals surface area contributed by atoms with Crippen LogP contribution in [0.1, 0.15) is 41.6 Å². The minimum Gasteiger partial charge on any atom is -0.288 e. The number of fused-ring (bicyclic) bond motifs is 1. The highest BCUT2D eigenvalue weighted by atomic mass is 32.1. The molecule has 0 saturated carbocycles. The molecule has 0 aliphatic rings. The molecule has 1 heterocycles. The van der Waals surface area contributed by atoms with Gasteiger partial charge in [0.2, 0.25) is 5.78 Å². The smallest absolute Gasteiger partial charge is 0.202 e. The third-order valence-electron chi connectivity index (χ3n) is 4.02. The summed E-state index contributed by atoms with van der Waals surface area (Å²) in [4.78, 5) is 13.5. The third kappa shape index (κ3) is 3.13. The van der Waals surface area contributed by atoms with Crippen molar-refractivity contribution in [3.63, 3.8) is 0 Å². The van der Waals surface area contributed by atoms with Crippen LogP contribution >= 0.6 is 11.3 Å². The minimum atomic E-state index is 0.00899. The molecule has 0 unspecified atom stereocenters. The summed E-state index contributed by atoms with van der Waals surface area (Å²) < 4.78 is 1.13. The predicted octanol–water partition coefficient (Wildman–Crippen LogP) is 6.09. The highest BCUT2D eigenvalue weighted by Crippen LogP contribution is 2.30. The standard InChI is InChI=1S/C21H20OS/c1-14(15-9-11-17(12-10-15)21(2,3)4)20(22)19-13-16-7-5-6-8-18(16)23-19/h5-13H,1H2,2-4H3. The lowest BCUT2D eigenvalue weighted by molar-refractivity contribution is 0.106. The van der Waals surface area contributed by atoms with E-state index in [4.69, 9.17) is 0 Å². The lowest BCUT2D eigenvalue weighted by Gasteiger charge is -2.19. The number of carbonyl (C=O) groups is 1. The summed E-state index contributed by atoms with van der Waals surface area (Å²) in [6.07, 6.45) is 0. The van der Waals surface area contributed by atoms with E-state index in [-0.39, 0.29) is 11.2 Å². The van der Waals surface area contributed by atoms with Crippen molar-refractivity contribution in [2.24, 2.45) is 0 Å². The molecule has 3 rings (SSSR count). The number of Topliss-reactive ketones (excluding diaryl/α,β-unsaturated/α-hetero) is 1. The largest absolute Gasteiger partial charge is 0.288 e. The molecule has 0 spiro atoms. The number of allylic oxidation sites excluding steroid dienone is 1. The summed E-state index contributed by atoms with van der Waals surface area (Å²) in [5.41, 5.74) is 2.80. The average Bonchev–Trinajstić information content (AvgIpc) is 2.96. The zero-order valence-electron chi connectivity index (χ0n) is 13.7. The second-order valence-corrected chi connectivity index (χ2v) is 7.87. The predicted molar refractivity (Wildman–Crippen MR) is 100 cm³/mol. The first-order valence-electron chi connectivity index (χ1n) is 7.69. The second-order valence-electron chi connectivity index (χ2n) is 6.78. The lowest BCUT2D eigenvalue weighted by atomic mass is 9.86. The maximum Gasteiger partial charge on any atom is 0.202 e. The Kier molecular flexibility index (Phi) is 3.95. The Hall–Kier alpha value is -2.19. The molecule has 0 bridgehead atoms. The summed E-state index contributed by atoms with van der Waals surface area (Å²) in [7, 11) is 0. The van der Waals surface area contributed by atoms with Gasteiger partial charge in [0.25, 0.3) is 0 Å². The van der Waals surface area contributed by atoms with E-state index < -0.39 is 0 Å². The monoisotopic (exact) mass is 320 g/mol. The first-order chi connectivity index (χ1) is 10.9. The molecule has 0 N–H and O–H groups in total. The van der Waals surface area contributed by atoms with Crippen LogP contribution in [0, 0.1) is 0 Å². The number of benzene rings is 2. The molecular formula is C21H20OS. The average molecular weight is 320 g/mol. The molecule has 0 radical (unpaired) electrons. The van der Waals surface area contributed by atoms with Crippen LogP contribution in [0.25, 0.3) is 15.7 Å². The van der Waals surface area contributed by atoms with E-state index in [0.717, 1.165) is 20.5 Å². The summed E-state index contributed by atoms with van der Waals surface area (Å²) in [6.45, 7) is 10.6. The number of ketones is 1. The van der Waals surface area contributed by atoms with Crippen LogP contribution in [-0.2, 0) is 5.41 Å². The Morgan fingerprint density at radius 2 is 1.65 bits per heavy atom. The van der Waals surface area contributed by atoms with Crippen molar-refractivity contribution in [3.8, 4) is 0 Å². The first-order valence-corrected chi connectivity index (χ1v) is 8.51. The first kappa shape index (κ1) is 15.7. The van der Waals surface area contributed by atoms with Crippen LogP contribution in [0.2, 0.25) is 0 Å². The van der Waals surface area contributed by atoms with Crippen molar-refractivity contribution in [2.45, 2.75) is 26.2 Å². The maximum absolute atomic E-state index is 12.7. The fourth-order valence-corrected chi connectivity index (χ4v) is 3.58. The Morgan fingerprint density at radius 1 is 1.00 bits per heavy atom. The summed E-state index contributed by atoms with van der Waals surface area (Å²) in [5, 5.41) is 1.11. The van der Waals surface area contributed by atoms with Gasteiger partial charge in [-0.25, -0.2) is 0 Å². The summed E-state index contributed by atoms with van der Waals surface area (Å²) in [6, 6.07) is 18.2. The van der Waals surface area contributed by atoms with Gasteiger partial charge in [0, 0.05) is 10.3 Å². The second kappa shape index (κ2) is 5.78. The fourth-order valence-electron chi connectivity index (χ4n) is 2.54. The quantitative estimate of drug-likeness (QED) is 0.421. The van der Waals surface area contributed by atoms with E-state index in [0.29, 0.717) is 5.57 Å². The van der Waals surface area contributed by atoms with Crippen LogP contribution in [0.5, 0.6) is 0 Å². The van der Waals surface area contributed by atoms with Gasteiger partial charge in [0.15, 0.2) is 0 Å². The van der Waals surface area contributed by atoms with Gasteiger partial charge in [0.05, 0.1) is 4.88 Å². The van der Waals surface area contributed by atoms with Crippen LogP contribution in [0.4, 0.5) is 0 Å². The van der Waals surface area contributed by atoms with Gasteiger partial charge in [0.1, 0.15) is 0 Å². The molecule has 23 heavy (non-hydrogen) atoms. The van der Waals surface area contributed by atoms with Gasteiger partial charge >= 0.3 is 0 Å². The molecule has 0 atom stereocenters.